The van der Waals surface area contributed by atoms with E-state index in [1.54, 1.807) is 0 Å². The minimum absolute atomic E-state index is 0.449. The minimum Gasteiger partial charge on any atom is -0.417 e. The summed E-state index contributed by atoms with van der Waals surface area (Å²) in [5, 5.41) is 0. The van der Waals surface area contributed by atoms with E-state index in [1.165, 1.54) is 12.5 Å². The van der Waals surface area contributed by atoms with Crippen LogP contribution in [0.4, 0.5) is 0 Å². The lowest BCUT2D eigenvalue weighted by Gasteiger charge is -2.46. The molecule has 20 heavy (non-hydrogen) atoms. The molecule has 1 heterocycles. The van der Waals surface area contributed by atoms with Gasteiger partial charge in [-0.15, -0.1) is 0 Å². The lowest BCUT2D eigenvalue weighted by molar-refractivity contribution is 0.159. The molecule has 1 unspecified atom stereocenters. The van der Waals surface area contributed by atoms with Gasteiger partial charge in [0.15, 0.2) is 7.83 Å². The Morgan fingerprint density at radius 2 is 1.65 bits per heavy atom. The van der Waals surface area contributed by atoms with Gasteiger partial charge in [-0.2, -0.15) is 0 Å². The van der Waals surface area contributed by atoms with E-state index in [-0.39, 0.29) is 0 Å². The van der Waals surface area contributed by atoms with Crippen LogP contribution in [-0.2, 0) is 13.3 Å². The molecule has 120 valence electrons. The normalized spacial score (nSPS) is 25.6. The van der Waals surface area contributed by atoms with E-state index in [0.717, 1.165) is 25.7 Å². The van der Waals surface area contributed by atoms with E-state index < -0.39 is 24.0 Å². The molecule has 0 N–H and O–H groups in total. The fourth-order valence-corrected chi connectivity index (χ4v) is 12.1. The number of hydrogen-bond acceptors (Lipinski definition) is 3. The molecule has 1 saturated heterocycles. The molecule has 0 radical (unpaired) electrons. The van der Waals surface area contributed by atoms with Crippen molar-refractivity contribution in [1.82, 2.24) is 0 Å². The first-order valence-corrected chi connectivity index (χ1v) is 17.8. The molecule has 1 aliphatic rings. The second kappa shape index (κ2) is 7.19. The van der Waals surface area contributed by atoms with Crippen molar-refractivity contribution in [3.63, 3.8) is 0 Å². The Kier molecular flexibility index (Phi) is 6.68. The van der Waals surface area contributed by atoms with Crippen LogP contribution >= 0.6 is 0 Å². The first-order chi connectivity index (χ1) is 9.16. The van der Waals surface area contributed by atoms with Gasteiger partial charge in [0, 0.05) is 19.3 Å². The maximum Gasteiger partial charge on any atom is 0.335 e. The Bertz CT molecular complexity index is 302. The lowest BCUT2D eigenvalue weighted by atomic mass is 10.2. The standard InChI is InChI=1S/C14H34O3Si3/c1-8-15-20(7,16-9-2)13-11-14-10-12-18(3,4)19(5,6)17-14/h14H,8-13H2,1-7H3. The van der Waals surface area contributed by atoms with Crippen molar-refractivity contribution in [3.05, 3.63) is 0 Å². The predicted octanol–water partition coefficient (Wildman–Crippen LogP) is 4.30. The first-order valence-electron chi connectivity index (χ1n) is 8.11. The molecule has 0 bridgehead atoms. The minimum atomic E-state index is -1.97. The fraction of sp³-hybridized carbons (Fsp3) is 1.00. The summed E-state index contributed by atoms with van der Waals surface area (Å²) in [6, 6.07) is 2.49. The molecule has 0 aromatic rings. The van der Waals surface area contributed by atoms with Gasteiger partial charge in [-0.3, -0.25) is 0 Å². The fourth-order valence-electron chi connectivity index (χ4n) is 2.88. The van der Waals surface area contributed by atoms with Gasteiger partial charge in [-0.05, 0) is 52.4 Å². The Labute approximate surface area is 128 Å². The Morgan fingerprint density at radius 3 is 2.10 bits per heavy atom. The average Bonchev–Trinajstić information content (AvgIpc) is 2.32. The van der Waals surface area contributed by atoms with E-state index in [9.17, 15) is 0 Å². The van der Waals surface area contributed by atoms with Gasteiger partial charge in [0.25, 0.3) is 0 Å². The van der Waals surface area contributed by atoms with Crippen LogP contribution in [0.2, 0.25) is 44.8 Å². The van der Waals surface area contributed by atoms with Crippen LogP contribution in [-0.4, -0.2) is 43.3 Å². The third kappa shape index (κ3) is 4.78. The molecule has 1 atom stereocenters. The molecular weight excluding hydrogens is 300 g/mol. The van der Waals surface area contributed by atoms with Crippen molar-refractivity contribution in [2.75, 3.05) is 13.2 Å². The first kappa shape index (κ1) is 18.6. The average molecular weight is 335 g/mol. The van der Waals surface area contributed by atoms with Crippen LogP contribution in [0.3, 0.4) is 0 Å². The molecule has 0 amide bonds. The largest absolute Gasteiger partial charge is 0.417 e. The maximum atomic E-state index is 6.55. The zero-order valence-electron chi connectivity index (χ0n) is 14.5. The number of hydrogen-bond donors (Lipinski definition) is 0. The summed E-state index contributed by atoms with van der Waals surface area (Å²) in [4.78, 5) is 0. The smallest absolute Gasteiger partial charge is 0.335 e. The van der Waals surface area contributed by atoms with E-state index in [4.69, 9.17) is 13.3 Å². The zero-order valence-corrected chi connectivity index (χ0v) is 17.5. The second-order valence-electron chi connectivity index (χ2n) is 7.21. The van der Waals surface area contributed by atoms with Crippen molar-refractivity contribution in [2.24, 2.45) is 0 Å². The zero-order chi connectivity index (χ0) is 15.4. The van der Waals surface area contributed by atoms with Gasteiger partial charge in [-0.1, -0.05) is 19.1 Å². The molecule has 1 rings (SSSR count). The molecule has 0 aliphatic carbocycles. The Hall–Kier alpha value is 0.531. The summed E-state index contributed by atoms with van der Waals surface area (Å²) < 4.78 is 18.4. The van der Waals surface area contributed by atoms with Crippen LogP contribution in [0, 0.1) is 0 Å². The van der Waals surface area contributed by atoms with Crippen molar-refractivity contribution < 1.29 is 13.3 Å². The molecule has 0 aromatic heterocycles. The maximum absolute atomic E-state index is 6.55. The topological polar surface area (TPSA) is 27.7 Å². The molecule has 6 heteroatoms. The van der Waals surface area contributed by atoms with Gasteiger partial charge in [0.05, 0.1) is 7.59 Å². The van der Waals surface area contributed by atoms with E-state index in [1.807, 2.05) is 0 Å². The van der Waals surface area contributed by atoms with Crippen LogP contribution in [0.25, 0.3) is 0 Å². The number of rotatable bonds is 7. The van der Waals surface area contributed by atoms with Crippen LogP contribution in [0.1, 0.15) is 26.7 Å². The van der Waals surface area contributed by atoms with Crippen LogP contribution in [0.5, 0.6) is 0 Å². The highest BCUT2D eigenvalue weighted by molar-refractivity contribution is 7.38. The molecule has 1 aliphatic heterocycles. The van der Waals surface area contributed by atoms with Gasteiger partial charge in [0.1, 0.15) is 0 Å². The molecular formula is C14H34O3Si3. The van der Waals surface area contributed by atoms with Crippen LogP contribution in [0.15, 0.2) is 0 Å². The van der Waals surface area contributed by atoms with Crippen molar-refractivity contribution in [2.45, 2.75) is 77.6 Å². The van der Waals surface area contributed by atoms with Gasteiger partial charge >= 0.3 is 8.56 Å². The molecule has 0 saturated carbocycles. The van der Waals surface area contributed by atoms with E-state index in [0.29, 0.717) is 6.10 Å². The Morgan fingerprint density at radius 1 is 1.10 bits per heavy atom. The predicted molar refractivity (Wildman–Crippen MR) is 93.6 cm³/mol. The highest BCUT2D eigenvalue weighted by Gasteiger charge is 2.47. The highest BCUT2D eigenvalue weighted by Crippen LogP contribution is 2.35. The van der Waals surface area contributed by atoms with Gasteiger partial charge < -0.3 is 13.3 Å². The lowest BCUT2D eigenvalue weighted by Crippen LogP contribution is -2.61. The molecule has 3 nitrogen and oxygen atoms in total. The van der Waals surface area contributed by atoms with Gasteiger partial charge in [0.2, 0.25) is 0 Å². The highest BCUT2D eigenvalue weighted by atomic mass is 29.3. The van der Waals surface area contributed by atoms with Crippen molar-refractivity contribution in [1.29, 1.82) is 0 Å². The summed E-state index contributed by atoms with van der Waals surface area (Å²) >= 11 is 0. The summed E-state index contributed by atoms with van der Waals surface area (Å²) in [6.07, 6.45) is 2.81. The molecule has 0 spiro atoms. The monoisotopic (exact) mass is 334 g/mol. The van der Waals surface area contributed by atoms with E-state index in [2.05, 4.69) is 46.6 Å². The summed E-state index contributed by atoms with van der Waals surface area (Å²) in [6.45, 7) is 17.7. The Balaban J connectivity index is 2.53. The third-order valence-corrected chi connectivity index (χ3v) is 24.6. The second-order valence-corrected chi connectivity index (χ2v) is 25.8. The van der Waals surface area contributed by atoms with Crippen LogP contribution < -0.4 is 0 Å². The molecule has 0 aromatic carbocycles. The summed E-state index contributed by atoms with van der Waals surface area (Å²) in [7, 11) is -4.51. The SMILES string of the molecule is CCO[Si](C)(CCC1CC[Si](C)(C)[Si](C)(C)O1)OCC. The summed E-state index contributed by atoms with van der Waals surface area (Å²) in [5.41, 5.74) is 0. The summed E-state index contributed by atoms with van der Waals surface area (Å²) in [5.74, 6) is 0. The van der Waals surface area contributed by atoms with Gasteiger partial charge in [-0.25, -0.2) is 0 Å². The quantitative estimate of drug-likeness (QED) is 0.650. The third-order valence-electron chi connectivity index (χ3n) is 5.00. The molecule has 1 fully saturated rings. The van der Waals surface area contributed by atoms with Crippen molar-refractivity contribution >= 4 is 24.0 Å². The van der Waals surface area contributed by atoms with E-state index >= 15 is 0 Å². The van der Waals surface area contributed by atoms with Crippen molar-refractivity contribution in [3.8, 4) is 0 Å².